The predicted octanol–water partition coefficient (Wildman–Crippen LogP) is 2.26. The zero-order chi connectivity index (χ0) is 13.2. The average Bonchev–Trinajstić information content (AvgIpc) is 2.71. The third kappa shape index (κ3) is 3.53. The minimum absolute atomic E-state index is 0.278. The van der Waals surface area contributed by atoms with Crippen LogP contribution in [0, 0.1) is 11.3 Å². The van der Waals surface area contributed by atoms with Crippen LogP contribution in [0.3, 0.4) is 0 Å². The maximum Gasteiger partial charge on any atom is 0.240 e. The largest absolute Gasteiger partial charge is 0.370 e. The molecule has 2 N–H and O–H groups in total. The summed E-state index contributed by atoms with van der Waals surface area (Å²) < 4.78 is 10.9. The molecule has 0 radical (unpaired) electrons. The van der Waals surface area contributed by atoms with Gasteiger partial charge in [-0.2, -0.15) is 4.98 Å². The predicted molar refractivity (Wildman–Crippen MR) is 67.6 cm³/mol. The second-order valence-corrected chi connectivity index (χ2v) is 6.15. The molecule has 5 heteroatoms. The number of ether oxygens (including phenoxy) is 1. The minimum atomic E-state index is 0.278. The smallest absolute Gasteiger partial charge is 0.240 e. The van der Waals surface area contributed by atoms with E-state index in [9.17, 15) is 0 Å². The first-order valence-electron chi connectivity index (χ1n) is 6.61. The summed E-state index contributed by atoms with van der Waals surface area (Å²) >= 11 is 0. The molecule has 2 atom stereocenters. The van der Waals surface area contributed by atoms with Gasteiger partial charge in [-0.1, -0.05) is 25.9 Å². The van der Waals surface area contributed by atoms with E-state index >= 15 is 0 Å². The van der Waals surface area contributed by atoms with Gasteiger partial charge in [0.15, 0.2) is 5.82 Å². The third-order valence-corrected chi connectivity index (χ3v) is 3.48. The van der Waals surface area contributed by atoms with Crippen molar-refractivity contribution in [3.05, 3.63) is 11.7 Å². The van der Waals surface area contributed by atoms with Crippen LogP contribution in [0.4, 0.5) is 0 Å². The molecule has 1 aromatic rings. The van der Waals surface area contributed by atoms with E-state index in [1.807, 2.05) is 0 Å². The Morgan fingerprint density at radius 3 is 2.83 bits per heavy atom. The summed E-state index contributed by atoms with van der Waals surface area (Å²) in [5.41, 5.74) is 5.78. The summed E-state index contributed by atoms with van der Waals surface area (Å²) in [4.78, 5) is 4.14. The summed E-state index contributed by atoms with van der Waals surface area (Å²) in [5, 5.41) is 3.84. The highest BCUT2D eigenvalue weighted by Gasteiger charge is 2.32. The molecule has 1 heterocycles. The van der Waals surface area contributed by atoms with Gasteiger partial charge in [0.1, 0.15) is 6.61 Å². The molecule has 0 amide bonds. The summed E-state index contributed by atoms with van der Waals surface area (Å²) in [6.07, 6.45) is 3.78. The molecule has 2 unspecified atom stereocenters. The van der Waals surface area contributed by atoms with Gasteiger partial charge >= 0.3 is 0 Å². The molecule has 0 aliphatic heterocycles. The monoisotopic (exact) mass is 253 g/mol. The normalized spacial score (nSPS) is 27.3. The Morgan fingerprint density at radius 1 is 1.44 bits per heavy atom. The van der Waals surface area contributed by atoms with Gasteiger partial charge in [-0.15, -0.1) is 0 Å². The molecular weight excluding hydrogens is 230 g/mol. The highest BCUT2D eigenvalue weighted by Crippen LogP contribution is 2.39. The van der Waals surface area contributed by atoms with E-state index < -0.39 is 0 Å². The first-order valence-corrected chi connectivity index (χ1v) is 6.61. The average molecular weight is 253 g/mol. The van der Waals surface area contributed by atoms with Crippen LogP contribution < -0.4 is 5.73 Å². The maximum atomic E-state index is 5.91. The van der Waals surface area contributed by atoms with Crippen molar-refractivity contribution in [2.24, 2.45) is 17.1 Å². The van der Waals surface area contributed by atoms with Gasteiger partial charge in [0.25, 0.3) is 0 Å². The molecule has 5 nitrogen and oxygen atoms in total. The van der Waals surface area contributed by atoms with E-state index in [1.165, 1.54) is 6.42 Å². The molecular formula is C13H23N3O2. The Balaban J connectivity index is 1.86. The summed E-state index contributed by atoms with van der Waals surface area (Å²) in [6, 6.07) is 0. The minimum Gasteiger partial charge on any atom is -0.370 e. The van der Waals surface area contributed by atoms with Gasteiger partial charge in [0.05, 0.1) is 12.6 Å². The van der Waals surface area contributed by atoms with E-state index in [-0.39, 0.29) is 6.54 Å². The van der Waals surface area contributed by atoms with E-state index in [2.05, 4.69) is 30.9 Å². The Bertz CT molecular complexity index is 389. The van der Waals surface area contributed by atoms with E-state index in [0.29, 0.717) is 35.8 Å². The number of hydrogen-bond donors (Lipinski definition) is 1. The molecule has 1 aromatic heterocycles. The van der Waals surface area contributed by atoms with Crippen LogP contribution >= 0.6 is 0 Å². The standard InChI is InChI=1S/C13H23N3O2/c1-9-4-10(6-13(2,3)5-9)17-8-11-15-12(7-14)18-16-11/h9-10H,4-8,14H2,1-3H3. The van der Waals surface area contributed by atoms with Crippen molar-refractivity contribution >= 4 is 0 Å². The first kappa shape index (κ1) is 13.5. The fourth-order valence-electron chi connectivity index (χ4n) is 3.01. The fourth-order valence-corrected chi connectivity index (χ4v) is 3.01. The Kier molecular flexibility index (Phi) is 4.02. The maximum absolute atomic E-state index is 5.91. The molecule has 1 aliphatic rings. The second kappa shape index (κ2) is 5.36. The van der Waals surface area contributed by atoms with Crippen LogP contribution in [-0.4, -0.2) is 16.2 Å². The summed E-state index contributed by atoms with van der Waals surface area (Å²) in [5.74, 6) is 1.76. The quantitative estimate of drug-likeness (QED) is 0.890. The zero-order valence-corrected chi connectivity index (χ0v) is 11.5. The van der Waals surface area contributed by atoms with Crippen molar-refractivity contribution in [1.29, 1.82) is 0 Å². The number of hydrogen-bond acceptors (Lipinski definition) is 5. The molecule has 18 heavy (non-hydrogen) atoms. The summed E-state index contributed by atoms with van der Waals surface area (Å²) in [7, 11) is 0. The number of nitrogens with zero attached hydrogens (tertiary/aromatic N) is 2. The Hall–Kier alpha value is -0.940. The van der Waals surface area contributed by atoms with E-state index in [4.69, 9.17) is 15.0 Å². The topological polar surface area (TPSA) is 74.2 Å². The molecule has 0 spiro atoms. The van der Waals surface area contributed by atoms with Crippen LogP contribution in [0.15, 0.2) is 4.52 Å². The Morgan fingerprint density at radius 2 is 2.22 bits per heavy atom. The lowest BCUT2D eigenvalue weighted by atomic mass is 9.71. The van der Waals surface area contributed by atoms with Crippen molar-refractivity contribution in [2.45, 2.75) is 59.3 Å². The van der Waals surface area contributed by atoms with Gasteiger partial charge in [0.2, 0.25) is 5.89 Å². The number of aromatic nitrogens is 2. The van der Waals surface area contributed by atoms with Gasteiger partial charge in [-0.25, -0.2) is 0 Å². The highest BCUT2D eigenvalue weighted by atomic mass is 16.5. The van der Waals surface area contributed by atoms with Crippen LogP contribution in [-0.2, 0) is 17.9 Å². The first-order chi connectivity index (χ1) is 8.48. The van der Waals surface area contributed by atoms with E-state index in [1.54, 1.807) is 0 Å². The van der Waals surface area contributed by atoms with Gasteiger partial charge in [-0.3, -0.25) is 0 Å². The van der Waals surface area contributed by atoms with Crippen LogP contribution in [0.5, 0.6) is 0 Å². The lowest BCUT2D eigenvalue weighted by Crippen LogP contribution is -2.32. The molecule has 2 rings (SSSR count). The van der Waals surface area contributed by atoms with Gasteiger partial charge < -0.3 is 15.0 Å². The van der Waals surface area contributed by atoms with Crippen molar-refractivity contribution in [2.75, 3.05) is 0 Å². The van der Waals surface area contributed by atoms with Crippen LogP contribution in [0.2, 0.25) is 0 Å². The van der Waals surface area contributed by atoms with Crippen LogP contribution in [0.25, 0.3) is 0 Å². The third-order valence-electron chi connectivity index (χ3n) is 3.48. The molecule has 0 saturated heterocycles. The molecule has 1 fully saturated rings. The lowest BCUT2D eigenvalue weighted by Gasteiger charge is -2.38. The highest BCUT2D eigenvalue weighted by molar-refractivity contribution is 4.86. The van der Waals surface area contributed by atoms with Gasteiger partial charge in [0, 0.05) is 0 Å². The SMILES string of the molecule is CC1CC(OCc2noc(CN)n2)CC(C)(C)C1. The summed E-state index contributed by atoms with van der Waals surface area (Å²) in [6.45, 7) is 7.59. The molecule has 1 aliphatic carbocycles. The molecule has 0 aromatic carbocycles. The zero-order valence-electron chi connectivity index (χ0n) is 11.5. The van der Waals surface area contributed by atoms with Crippen molar-refractivity contribution in [1.82, 2.24) is 10.1 Å². The van der Waals surface area contributed by atoms with Crippen LogP contribution in [0.1, 0.15) is 51.7 Å². The Labute approximate surface area is 108 Å². The number of rotatable bonds is 4. The number of nitrogens with two attached hydrogens (primary N) is 1. The molecule has 0 bridgehead atoms. The fraction of sp³-hybridized carbons (Fsp3) is 0.846. The lowest BCUT2D eigenvalue weighted by molar-refractivity contribution is -0.0342. The van der Waals surface area contributed by atoms with E-state index in [0.717, 1.165) is 12.8 Å². The van der Waals surface area contributed by atoms with Crippen molar-refractivity contribution in [3.63, 3.8) is 0 Å². The molecule has 1 saturated carbocycles. The van der Waals surface area contributed by atoms with Gasteiger partial charge in [-0.05, 0) is 30.6 Å². The van der Waals surface area contributed by atoms with Crippen molar-refractivity contribution in [3.8, 4) is 0 Å². The van der Waals surface area contributed by atoms with Crippen molar-refractivity contribution < 1.29 is 9.26 Å². The molecule has 102 valence electrons. The second-order valence-electron chi connectivity index (χ2n) is 6.15.